The number of nitro groups is 1. The zero-order valence-corrected chi connectivity index (χ0v) is 11.8. The van der Waals surface area contributed by atoms with E-state index in [4.69, 9.17) is 10.6 Å². The lowest BCUT2D eigenvalue weighted by atomic mass is 10.1. The lowest BCUT2D eigenvalue weighted by molar-refractivity contribution is -0.385. The summed E-state index contributed by atoms with van der Waals surface area (Å²) in [5.74, 6) is 6.52. The van der Waals surface area contributed by atoms with E-state index in [9.17, 15) is 10.1 Å². The van der Waals surface area contributed by atoms with Crippen molar-refractivity contribution in [3.8, 4) is 5.75 Å². The molecule has 2 aromatic rings. The zero-order chi connectivity index (χ0) is 15.4. The molecule has 0 saturated heterocycles. The largest absolute Gasteiger partial charge is 0.488 e. The van der Waals surface area contributed by atoms with Gasteiger partial charge in [0, 0.05) is 23.4 Å². The molecule has 7 nitrogen and oxygen atoms in total. The monoisotopic (exact) mass is 288 g/mol. The smallest absolute Gasteiger partial charge is 0.272 e. The fourth-order valence-corrected chi connectivity index (χ4v) is 1.97. The molecule has 1 aromatic carbocycles. The molecule has 21 heavy (non-hydrogen) atoms. The molecule has 0 amide bonds. The minimum absolute atomic E-state index is 0.0885. The number of anilines is 1. The number of hydrazine groups is 1. The summed E-state index contributed by atoms with van der Waals surface area (Å²) in [5, 5.41) is 10.9. The molecule has 1 aromatic heterocycles. The molecule has 0 aliphatic heterocycles. The van der Waals surface area contributed by atoms with E-state index in [-0.39, 0.29) is 12.3 Å². The van der Waals surface area contributed by atoms with Crippen molar-refractivity contribution >= 4 is 11.5 Å². The first-order valence-corrected chi connectivity index (χ1v) is 6.32. The van der Waals surface area contributed by atoms with Gasteiger partial charge < -0.3 is 10.2 Å². The Labute approximate surface area is 121 Å². The molecule has 0 atom stereocenters. The van der Waals surface area contributed by atoms with Crippen LogP contribution in [0.3, 0.4) is 0 Å². The first-order chi connectivity index (χ1) is 10.0. The molecule has 0 unspecified atom stereocenters. The molecule has 0 aliphatic rings. The lowest BCUT2D eigenvalue weighted by Gasteiger charge is -2.12. The molecule has 0 fully saturated rings. The summed E-state index contributed by atoms with van der Waals surface area (Å²) < 4.78 is 5.72. The molecule has 0 bridgehead atoms. The van der Waals surface area contributed by atoms with Crippen LogP contribution in [0, 0.1) is 24.0 Å². The Morgan fingerprint density at radius 1 is 1.38 bits per heavy atom. The standard InChI is InChI=1S/C14H16N4O3/c1-9-7-13(10(2)6-12(9)18(19)20)21-8-11-4-3-5-16-14(11)17-15/h3-7H,8,15H2,1-2H3,(H,16,17). The fourth-order valence-electron chi connectivity index (χ4n) is 1.97. The maximum absolute atomic E-state index is 10.9. The zero-order valence-electron chi connectivity index (χ0n) is 11.8. The summed E-state index contributed by atoms with van der Waals surface area (Å²) >= 11 is 0. The van der Waals surface area contributed by atoms with Gasteiger partial charge in [-0.2, -0.15) is 0 Å². The number of aromatic nitrogens is 1. The third kappa shape index (κ3) is 3.26. The van der Waals surface area contributed by atoms with E-state index in [0.29, 0.717) is 22.7 Å². The van der Waals surface area contributed by atoms with Gasteiger partial charge in [0.25, 0.3) is 5.69 Å². The quantitative estimate of drug-likeness (QED) is 0.497. The van der Waals surface area contributed by atoms with Gasteiger partial charge in [0.05, 0.1) is 4.92 Å². The maximum Gasteiger partial charge on any atom is 0.272 e. The third-order valence-electron chi connectivity index (χ3n) is 3.10. The number of aryl methyl sites for hydroxylation is 2. The number of benzene rings is 1. The van der Waals surface area contributed by atoms with Gasteiger partial charge >= 0.3 is 0 Å². The van der Waals surface area contributed by atoms with Crippen LogP contribution in [-0.4, -0.2) is 9.91 Å². The van der Waals surface area contributed by atoms with E-state index >= 15 is 0 Å². The molecule has 3 N–H and O–H groups in total. The number of nitro benzene ring substituents is 1. The van der Waals surface area contributed by atoms with E-state index in [2.05, 4.69) is 10.4 Å². The molecule has 0 spiro atoms. The van der Waals surface area contributed by atoms with Crippen LogP contribution in [-0.2, 0) is 6.61 Å². The number of hydrogen-bond acceptors (Lipinski definition) is 6. The lowest BCUT2D eigenvalue weighted by Crippen LogP contribution is -2.12. The average Bonchev–Trinajstić information content (AvgIpc) is 2.47. The van der Waals surface area contributed by atoms with Crippen LogP contribution in [0.15, 0.2) is 30.5 Å². The molecule has 0 saturated carbocycles. The van der Waals surface area contributed by atoms with Crippen molar-refractivity contribution in [3.63, 3.8) is 0 Å². The van der Waals surface area contributed by atoms with Crippen molar-refractivity contribution < 1.29 is 9.66 Å². The van der Waals surface area contributed by atoms with Crippen LogP contribution in [0.25, 0.3) is 0 Å². The molecule has 7 heteroatoms. The van der Waals surface area contributed by atoms with Gasteiger partial charge in [-0.25, -0.2) is 10.8 Å². The highest BCUT2D eigenvalue weighted by atomic mass is 16.6. The molecule has 0 aliphatic carbocycles. The van der Waals surface area contributed by atoms with Crippen LogP contribution in [0.1, 0.15) is 16.7 Å². The number of nitrogens with two attached hydrogens (primary N) is 1. The normalized spacial score (nSPS) is 10.2. The number of nitrogens with one attached hydrogen (secondary N) is 1. The third-order valence-corrected chi connectivity index (χ3v) is 3.10. The molecule has 110 valence electrons. The van der Waals surface area contributed by atoms with Crippen LogP contribution >= 0.6 is 0 Å². The molecular weight excluding hydrogens is 272 g/mol. The predicted molar refractivity (Wildman–Crippen MR) is 78.9 cm³/mol. The number of ether oxygens (including phenoxy) is 1. The second-order valence-corrected chi connectivity index (χ2v) is 4.61. The topological polar surface area (TPSA) is 103 Å². The van der Waals surface area contributed by atoms with Crippen molar-refractivity contribution in [1.29, 1.82) is 0 Å². The average molecular weight is 288 g/mol. The highest BCUT2D eigenvalue weighted by Gasteiger charge is 2.14. The number of hydrogen-bond donors (Lipinski definition) is 2. The van der Waals surface area contributed by atoms with Gasteiger partial charge in [0.2, 0.25) is 0 Å². The van der Waals surface area contributed by atoms with Crippen molar-refractivity contribution in [1.82, 2.24) is 4.98 Å². The number of nitrogen functional groups attached to an aromatic ring is 1. The Morgan fingerprint density at radius 2 is 2.14 bits per heavy atom. The Bertz CT molecular complexity index is 673. The van der Waals surface area contributed by atoms with Gasteiger partial charge in [-0.15, -0.1) is 0 Å². The van der Waals surface area contributed by atoms with Crippen molar-refractivity contribution in [3.05, 3.63) is 57.3 Å². The van der Waals surface area contributed by atoms with Crippen LogP contribution in [0.2, 0.25) is 0 Å². The van der Waals surface area contributed by atoms with E-state index in [1.807, 2.05) is 6.07 Å². The SMILES string of the molecule is Cc1cc([N+](=O)[O-])c(C)cc1OCc1cccnc1NN. The Kier molecular flexibility index (Phi) is 4.34. The first kappa shape index (κ1) is 14.7. The van der Waals surface area contributed by atoms with Gasteiger partial charge in [-0.3, -0.25) is 10.1 Å². The molecular formula is C14H16N4O3. The van der Waals surface area contributed by atoms with E-state index in [1.54, 1.807) is 32.2 Å². The summed E-state index contributed by atoms with van der Waals surface area (Å²) in [6.45, 7) is 3.72. The molecule has 1 heterocycles. The number of pyridine rings is 1. The second-order valence-electron chi connectivity index (χ2n) is 4.61. The maximum atomic E-state index is 10.9. The summed E-state index contributed by atoms with van der Waals surface area (Å²) in [4.78, 5) is 14.6. The second kappa shape index (κ2) is 6.19. The van der Waals surface area contributed by atoms with E-state index in [1.165, 1.54) is 6.07 Å². The van der Waals surface area contributed by atoms with Crippen molar-refractivity contribution in [2.24, 2.45) is 5.84 Å². The summed E-state index contributed by atoms with van der Waals surface area (Å²) in [6.07, 6.45) is 1.62. The van der Waals surface area contributed by atoms with Gasteiger partial charge in [0.1, 0.15) is 18.2 Å². The number of rotatable bonds is 5. The predicted octanol–water partition coefficient (Wildman–Crippen LogP) is 2.47. The summed E-state index contributed by atoms with van der Waals surface area (Å²) in [5.41, 5.74) is 4.66. The minimum atomic E-state index is -0.399. The van der Waals surface area contributed by atoms with Crippen molar-refractivity contribution in [2.75, 3.05) is 5.43 Å². The fraction of sp³-hybridized carbons (Fsp3) is 0.214. The number of nitrogens with zero attached hydrogens (tertiary/aromatic N) is 2. The highest BCUT2D eigenvalue weighted by molar-refractivity contribution is 5.49. The Balaban J connectivity index is 2.21. The summed E-state index contributed by atoms with van der Waals surface area (Å²) in [7, 11) is 0. The molecule has 2 rings (SSSR count). The van der Waals surface area contributed by atoms with E-state index in [0.717, 1.165) is 5.56 Å². The first-order valence-electron chi connectivity index (χ1n) is 6.32. The minimum Gasteiger partial charge on any atom is -0.488 e. The van der Waals surface area contributed by atoms with Crippen LogP contribution in [0.5, 0.6) is 5.75 Å². The Hall–Kier alpha value is -2.67. The van der Waals surface area contributed by atoms with E-state index < -0.39 is 4.92 Å². The van der Waals surface area contributed by atoms with Crippen molar-refractivity contribution in [2.45, 2.75) is 20.5 Å². The highest BCUT2D eigenvalue weighted by Crippen LogP contribution is 2.28. The van der Waals surface area contributed by atoms with Crippen LogP contribution < -0.4 is 16.0 Å². The molecule has 0 radical (unpaired) electrons. The van der Waals surface area contributed by atoms with Gasteiger partial charge in [-0.1, -0.05) is 6.07 Å². The van der Waals surface area contributed by atoms with Gasteiger partial charge in [-0.05, 0) is 31.5 Å². The van der Waals surface area contributed by atoms with Crippen LogP contribution in [0.4, 0.5) is 11.5 Å². The van der Waals surface area contributed by atoms with Gasteiger partial charge in [0.15, 0.2) is 0 Å². The Morgan fingerprint density at radius 3 is 2.81 bits per heavy atom. The summed E-state index contributed by atoms with van der Waals surface area (Å²) in [6, 6.07) is 6.80.